The number of carbonyl (C=O) groups excluding carboxylic acids is 1. The first-order chi connectivity index (χ1) is 11.6. The average molecular weight is 348 g/mol. The van der Waals surface area contributed by atoms with Gasteiger partial charge >= 0.3 is 0 Å². The zero-order valence-electron chi connectivity index (χ0n) is 15.7. The van der Waals surface area contributed by atoms with Crippen LogP contribution in [0.4, 0.5) is 0 Å². The van der Waals surface area contributed by atoms with Crippen molar-refractivity contribution in [2.75, 3.05) is 0 Å². The summed E-state index contributed by atoms with van der Waals surface area (Å²) in [4.78, 5) is 12.3. The van der Waals surface area contributed by atoms with Gasteiger partial charge in [0.15, 0.2) is 5.78 Å². The Labute approximate surface area is 150 Å². The fraction of sp³-hybridized carbons (Fsp3) is 0.857. The fourth-order valence-corrected chi connectivity index (χ4v) is 7.30. The number of hydrogen-bond donors (Lipinski definition) is 3. The van der Waals surface area contributed by atoms with E-state index in [1.807, 2.05) is 6.92 Å². The van der Waals surface area contributed by atoms with Gasteiger partial charge in [0.2, 0.25) is 0 Å². The van der Waals surface area contributed by atoms with Gasteiger partial charge in [0.25, 0.3) is 0 Å². The summed E-state index contributed by atoms with van der Waals surface area (Å²) in [5.41, 5.74) is -0.434. The summed E-state index contributed by atoms with van der Waals surface area (Å²) < 4.78 is 0. The van der Waals surface area contributed by atoms with Crippen LogP contribution in [0.3, 0.4) is 0 Å². The second-order valence-electron chi connectivity index (χ2n) is 9.72. The maximum Gasteiger partial charge on any atom is 0.161 e. The molecule has 4 aliphatic rings. The van der Waals surface area contributed by atoms with E-state index < -0.39 is 17.1 Å². The third kappa shape index (κ3) is 2.14. The van der Waals surface area contributed by atoms with Gasteiger partial charge in [0, 0.05) is 11.8 Å². The van der Waals surface area contributed by atoms with E-state index in [9.17, 15) is 20.1 Å². The molecule has 8 unspecified atom stereocenters. The Kier molecular flexibility index (Phi) is 3.82. The summed E-state index contributed by atoms with van der Waals surface area (Å²) in [6.45, 7) is 5.83. The second kappa shape index (κ2) is 5.40. The van der Waals surface area contributed by atoms with E-state index >= 15 is 0 Å². The zero-order chi connectivity index (χ0) is 18.2. The van der Waals surface area contributed by atoms with E-state index in [2.05, 4.69) is 13.0 Å². The SMILES string of the molecule is CC(=O)C1(O)CC(O)C2C3CC=C4CC(O)CCC4(C)C3CCC21C. The highest BCUT2D eigenvalue weighted by Crippen LogP contribution is 2.67. The first kappa shape index (κ1) is 17.7. The Morgan fingerprint density at radius 3 is 2.60 bits per heavy atom. The zero-order valence-corrected chi connectivity index (χ0v) is 15.7. The average Bonchev–Trinajstić information content (AvgIpc) is 2.75. The number of carbonyl (C=O) groups is 1. The minimum absolute atomic E-state index is 0.0263. The molecule has 140 valence electrons. The van der Waals surface area contributed by atoms with Crippen LogP contribution in [0.1, 0.15) is 65.7 Å². The molecule has 4 rings (SSSR count). The lowest BCUT2D eigenvalue weighted by Crippen LogP contribution is -2.57. The van der Waals surface area contributed by atoms with Crippen LogP contribution in [0, 0.1) is 28.6 Å². The first-order valence-electron chi connectivity index (χ1n) is 9.92. The lowest BCUT2D eigenvalue weighted by atomic mass is 9.46. The van der Waals surface area contributed by atoms with Gasteiger partial charge in [-0.1, -0.05) is 25.5 Å². The van der Waals surface area contributed by atoms with Gasteiger partial charge < -0.3 is 15.3 Å². The molecule has 0 bridgehead atoms. The van der Waals surface area contributed by atoms with Gasteiger partial charge in [-0.15, -0.1) is 0 Å². The quantitative estimate of drug-likeness (QED) is 0.637. The van der Waals surface area contributed by atoms with Gasteiger partial charge in [0.05, 0.1) is 12.2 Å². The highest BCUT2D eigenvalue weighted by atomic mass is 16.3. The minimum Gasteiger partial charge on any atom is -0.393 e. The molecule has 0 heterocycles. The van der Waals surface area contributed by atoms with Crippen LogP contribution in [0.15, 0.2) is 11.6 Å². The molecule has 8 atom stereocenters. The summed E-state index contributed by atoms with van der Waals surface area (Å²) >= 11 is 0. The molecule has 4 heteroatoms. The van der Waals surface area contributed by atoms with E-state index in [-0.39, 0.29) is 29.6 Å². The number of ketones is 1. The Balaban J connectivity index is 1.73. The minimum atomic E-state index is -1.39. The molecule has 4 aliphatic carbocycles. The Hall–Kier alpha value is -0.710. The van der Waals surface area contributed by atoms with Crippen LogP contribution < -0.4 is 0 Å². The van der Waals surface area contributed by atoms with E-state index in [0.717, 1.165) is 38.5 Å². The lowest BCUT2D eigenvalue weighted by molar-refractivity contribution is -0.160. The summed E-state index contributed by atoms with van der Waals surface area (Å²) in [7, 11) is 0. The molecule has 3 N–H and O–H groups in total. The van der Waals surface area contributed by atoms with Crippen LogP contribution >= 0.6 is 0 Å². The van der Waals surface area contributed by atoms with Gasteiger partial charge in [0.1, 0.15) is 5.60 Å². The van der Waals surface area contributed by atoms with Crippen molar-refractivity contribution in [2.24, 2.45) is 28.6 Å². The molecule has 0 radical (unpaired) electrons. The van der Waals surface area contributed by atoms with E-state index in [0.29, 0.717) is 11.8 Å². The molecule has 3 fully saturated rings. The van der Waals surface area contributed by atoms with Crippen molar-refractivity contribution in [3.8, 4) is 0 Å². The van der Waals surface area contributed by atoms with E-state index in [1.54, 1.807) is 0 Å². The molecule has 0 aromatic carbocycles. The summed E-state index contributed by atoms with van der Waals surface area (Å²) in [6, 6.07) is 0. The third-order valence-corrected chi connectivity index (χ3v) is 8.78. The molecular weight excluding hydrogens is 316 g/mol. The van der Waals surface area contributed by atoms with Gasteiger partial charge in [-0.05, 0) is 68.6 Å². The molecule has 0 saturated heterocycles. The highest BCUT2D eigenvalue weighted by molar-refractivity contribution is 5.86. The molecule has 4 nitrogen and oxygen atoms in total. The second-order valence-corrected chi connectivity index (χ2v) is 9.72. The van der Waals surface area contributed by atoms with Gasteiger partial charge in [-0.2, -0.15) is 0 Å². The molecule has 0 spiro atoms. The van der Waals surface area contributed by atoms with Crippen molar-refractivity contribution < 1.29 is 20.1 Å². The molecular formula is C21H32O4. The Bertz CT molecular complexity index is 627. The number of Topliss-reactive ketones (excluding diaryl/α,β-unsaturated/α-hetero) is 1. The number of hydrogen-bond acceptors (Lipinski definition) is 4. The van der Waals surface area contributed by atoms with Gasteiger partial charge in [-0.25, -0.2) is 0 Å². The van der Waals surface area contributed by atoms with E-state index in [4.69, 9.17) is 0 Å². The van der Waals surface area contributed by atoms with Crippen molar-refractivity contribution in [1.82, 2.24) is 0 Å². The monoisotopic (exact) mass is 348 g/mol. The Morgan fingerprint density at radius 2 is 1.92 bits per heavy atom. The maximum atomic E-state index is 12.3. The third-order valence-electron chi connectivity index (χ3n) is 8.78. The first-order valence-corrected chi connectivity index (χ1v) is 9.92. The predicted molar refractivity (Wildman–Crippen MR) is 94.7 cm³/mol. The molecule has 0 amide bonds. The topological polar surface area (TPSA) is 77.8 Å². The van der Waals surface area contributed by atoms with Crippen LogP contribution in [-0.2, 0) is 4.79 Å². The van der Waals surface area contributed by atoms with Crippen LogP contribution in [0.25, 0.3) is 0 Å². The Morgan fingerprint density at radius 1 is 1.20 bits per heavy atom. The molecule has 0 aromatic heterocycles. The number of fused-ring (bicyclic) bond motifs is 5. The van der Waals surface area contributed by atoms with Crippen molar-refractivity contribution in [2.45, 2.75) is 83.5 Å². The van der Waals surface area contributed by atoms with Crippen LogP contribution in [0.2, 0.25) is 0 Å². The van der Waals surface area contributed by atoms with Crippen molar-refractivity contribution in [3.05, 3.63) is 11.6 Å². The largest absolute Gasteiger partial charge is 0.393 e. The highest BCUT2D eigenvalue weighted by Gasteiger charge is 2.68. The molecule has 3 saturated carbocycles. The van der Waals surface area contributed by atoms with E-state index in [1.165, 1.54) is 12.5 Å². The summed E-state index contributed by atoms with van der Waals surface area (Å²) in [5, 5.41) is 32.1. The smallest absolute Gasteiger partial charge is 0.161 e. The normalized spacial score (nSPS) is 55.0. The van der Waals surface area contributed by atoms with Crippen LogP contribution in [0.5, 0.6) is 0 Å². The standard InChI is InChI=1S/C21H32O4/c1-12(22)21(25)11-17(24)18-15-5-4-13-10-14(23)6-8-19(13,2)16(15)7-9-20(18,21)3/h4,14-18,23-25H,5-11H2,1-3H3. The fourth-order valence-electron chi connectivity index (χ4n) is 7.30. The number of allylic oxidation sites excluding steroid dienone is 1. The maximum absolute atomic E-state index is 12.3. The predicted octanol–water partition coefficient (Wildman–Crippen LogP) is 2.60. The van der Waals surface area contributed by atoms with Crippen molar-refractivity contribution in [1.29, 1.82) is 0 Å². The molecule has 0 aromatic rings. The number of aliphatic hydroxyl groups excluding tert-OH is 2. The summed E-state index contributed by atoms with van der Waals surface area (Å²) in [6.07, 6.45) is 6.95. The summed E-state index contributed by atoms with van der Waals surface area (Å²) in [5.74, 6) is 0.559. The lowest BCUT2D eigenvalue weighted by Gasteiger charge is -2.58. The molecule has 25 heavy (non-hydrogen) atoms. The van der Waals surface area contributed by atoms with Crippen LogP contribution in [-0.4, -0.2) is 38.9 Å². The molecule has 0 aliphatic heterocycles. The van der Waals surface area contributed by atoms with Gasteiger partial charge in [-0.3, -0.25) is 4.79 Å². The van der Waals surface area contributed by atoms with Crippen molar-refractivity contribution in [3.63, 3.8) is 0 Å². The van der Waals surface area contributed by atoms with Crippen molar-refractivity contribution >= 4 is 5.78 Å². The number of rotatable bonds is 1. The number of aliphatic hydroxyl groups is 3.